The number of benzene rings is 2. The van der Waals surface area contributed by atoms with Crippen LogP contribution < -0.4 is 0 Å². The highest BCUT2D eigenvalue weighted by molar-refractivity contribution is 5.83. The minimum Gasteiger partial charge on any atom is -0.346 e. The Hall–Kier alpha value is -2.23. The van der Waals surface area contributed by atoms with Crippen LogP contribution in [0.3, 0.4) is 0 Å². The van der Waals surface area contributed by atoms with Gasteiger partial charge in [-0.15, -0.1) is 0 Å². The number of hydrogen-bond acceptors (Lipinski definition) is 3. The molecule has 3 aromatic rings. The maximum Gasteiger partial charge on any atom is 0.186 e. The first kappa shape index (κ1) is 12.5. The van der Waals surface area contributed by atoms with Crippen molar-refractivity contribution in [3.05, 3.63) is 66.2 Å². The average Bonchev–Trinajstić information content (AvgIpc) is 3.09. The molecule has 0 unspecified atom stereocenters. The number of aromatic nitrogens is 1. The maximum atomic E-state index is 5.69. The summed E-state index contributed by atoms with van der Waals surface area (Å²) in [5, 5.41) is 1.10. The molecule has 1 aromatic heterocycles. The summed E-state index contributed by atoms with van der Waals surface area (Å²) in [7, 11) is 0. The lowest BCUT2D eigenvalue weighted by Crippen LogP contribution is -2.03. The van der Waals surface area contributed by atoms with Crippen molar-refractivity contribution in [3.63, 3.8) is 0 Å². The summed E-state index contributed by atoms with van der Waals surface area (Å²) in [4.78, 5) is 4.83. The molecule has 2 heterocycles. The number of nitrogens with zero attached hydrogens (tertiary/aromatic N) is 1. The monoisotopic (exact) mass is 277 g/mol. The first-order valence-corrected chi connectivity index (χ1v) is 7.10. The van der Waals surface area contributed by atoms with E-state index < -0.39 is 0 Å². The second-order valence-corrected chi connectivity index (χ2v) is 5.06. The van der Waals surface area contributed by atoms with E-state index in [-0.39, 0.29) is 6.29 Å². The molecule has 1 fully saturated rings. The number of pyridine rings is 1. The molecule has 0 aliphatic carbocycles. The predicted molar refractivity (Wildman–Crippen MR) is 81.8 cm³/mol. The van der Waals surface area contributed by atoms with Gasteiger partial charge in [-0.2, -0.15) is 0 Å². The molecule has 1 aliphatic rings. The van der Waals surface area contributed by atoms with Crippen LogP contribution >= 0.6 is 0 Å². The van der Waals surface area contributed by atoms with Crippen molar-refractivity contribution in [2.75, 3.05) is 13.2 Å². The molecule has 0 bridgehead atoms. The molecule has 4 rings (SSSR count). The summed E-state index contributed by atoms with van der Waals surface area (Å²) in [6, 6.07) is 20.4. The van der Waals surface area contributed by atoms with Gasteiger partial charge < -0.3 is 9.47 Å². The average molecular weight is 277 g/mol. The van der Waals surface area contributed by atoms with Gasteiger partial charge in [0.1, 0.15) is 0 Å². The van der Waals surface area contributed by atoms with Gasteiger partial charge in [0.05, 0.1) is 24.4 Å². The Bertz CT molecular complexity index is 765. The predicted octanol–water partition coefficient (Wildman–Crippen LogP) is 3.95. The highest BCUT2D eigenvalue weighted by Crippen LogP contribution is 2.33. The molecule has 3 heteroatoms. The SMILES string of the molecule is c1ccc(-c2nc3ccccc3cc2C2OCCO2)cc1. The van der Waals surface area contributed by atoms with Crippen LogP contribution in [0.25, 0.3) is 22.2 Å². The van der Waals surface area contributed by atoms with Crippen LogP contribution in [0.15, 0.2) is 60.7 Å². The van der Waals surface area contributed by atoms with E-state index in [1.54, 1.807) is 0 Å². The lowest BCUT2D eigenvalue weighted by Gasteiger charge is -2.15. The molecule has 0 spiro atoms. The van der Waals surface area contributed by atoms with Crippen LogP contribution in [0.2, 0.25) is 0 Å². The number of fused-ring (bicyclic) bond motifs is 1. The lowest BCUT2D eigenvalue weighted by atomic mass is 10.0. The summed E-state index contributed by atoms with van der Waals surface area (Å²) < 4.78 is 11.4. The number of para-hydroxylation sites is 1. The topological polar surface area (TPSA) is 31.4 Å². The minimum atomic E-state index is -0.322. The first-order chi connectivity index (χ1) is 10.4. The summed E-state index contributed by atoms with van der Waals surface area (Å²) in [6.45, 7) is 1.26. The number of hydrogen-bond donors (Lipinski definition) is 0. The van der Waals surface area contributed by atoms with Gasteiger partial charge in [0.2, 0.25) is 0 Å². The number of ether oxygens (including phenoxy) is 2. The zero-order valence-electron chi connectivity index (χ0n) is 11.5. The molecular weight excluding hydrogens is 262 g/mol. The molecule has 0 saturated carbocycles. The largest absolute Gasteiger partial charge is 0.346 e. The normalized spacial score (nSPS) is 15.6. The van der Waals surface area contributed by atoms with Gasteiger partial charge in [-0.3, -0.25) is 0 Å². The lowest BCUT2D eigenvalue weighted by molar-refractivity contribution is -0.0437. The van der Waals surface area contributed by atoms with Crippen LogP contribution in [0.4, 0.5) is 0 Å². The first-order valence-electron chi connectivity index (χ1n) is 7.10. The Morgan fingerprint density at radius 2 is 1.57 bits per heavy atom. The third-order valence-corrected chi connectivity index (χ3v) is 3.68. The van der Waals surface area contributed by atoms with E-state index in [0.29, 0.717) is 13.2 Å². The minimum absolute atomic E-state index is 0.322. The van der Waals surface area contributed by atoms with Crippen molar-refractivity contribution in [1.82, 2.24) is 4.98 Å². The summed E-state index contributed by atoms with van der Waals surface area (Å²) >= 11 is 0. The van der Waals surface area contributed by atoms with Gasteiger partial charge in [-0.05, 0) is 12.1 Å². The summed E-state index contributed by atoms with van der Waals surface area (Å²) in [6.07, 6.45) is -0.322. The fraction of sp³-hybridized carbons (Fsp3) is 0.167. The van der Waals surface area contributed by atoms with Crippen LogP contribution in [-0.4, -0.2) is 18.2 Å². The molecule has 1 aliphatic heterocycles. The van der Waals surface area contributed by atoms with Gasteiger partial charge in [-0.25, -0.2) is 4.98 Å². The molecule has 0 radical (unpaired) electrons. The Morgan fingerprint density at radius 3 is 2.38 bits per heavy atom. The molecule has 0 N–H and O–H groups in total. The van der Waals surface area contributed by atoms with Gasteiger partial charge in [-0.1, -0.05) is 48.5 Å². The third kappa shape index (κ3) is 2.31. The van der Waals surface area contributed by atoms with Crippen LogP contribution in [0.1, 0.15) is 11.9 Å². The van der Waals surface area contributed by atoms with Crippen LogP contribution in [-0.2, 0) is 9.47 Å². The zero-order valence-corrected chi connectivity index (χ0v) is 11.5. The van der Waals surface area contributed by atoms with E-state index in [1.807, 2.05) is 36.4 Å². The smallest absolute Gasteiger partial charge is 0.186 e. The Kier molecular flexibility index (Phi) is 3.14. The molecule has 3 nitrogen and oxygen atoms in total. The molecule has 2 aromatic carbocycles. The van der Waals surface area contributed by atoms with E-state index in [4.69, 9.17) is 14.5 Å². The van der Waals surface area contributed by atoms with E-state index in [0.717, 1.165) is 27.7 Å². The maximum absolute atomic E-state index is 5.69. The quantitative estimate of drug-likeness (QED) is 0.710. The van der Waals surface area contributed by atoms with E-state index >= 15 is 0 Å². The second-order valence-electron chi connectivity index (χ2n) is 5.06. The van der Waals surface area contributed by atoms with Gasteiger partial charge in [0.25, 0.3) is 0 Å². The molecule has 104 valence electrons. The second kappa shape index (κ2) is 5.28. The summed E-state index contributed by atoms with van der Waals surface area (Å²) in [5.41, 5.74) is 3.99. The molecule has 1 saturated heterocycles. The highest BCUT2D eigenvalue weighted by atomic mass is 16.7. The molecular formula is C18H15NO2. The van der Waals surface area contributed by atoms with Crippen molar-refractivity contribution < 1.29 is 9.47 Å². The van der Waals surface area contributed by atoms with Crippen molar-refractivity contribution in [1.29, 1.82) is 0 Å². The van der Waals surface area contributed by atoms with Crippen LogP contribution in [0, 0.1) is 0 Å². The Morgan fingerprint density at radius 1 is 0.857 bits per heavy atom. The van der Waals surface area contributed by atoms with E-state index in [9.17, 15) is 0 Å². The third-order valence-electron chi connectivity index (χ3n) is 3.68. The standard InChI is InChI=1S/C18H15NO2/c1-2-6-13(7-3-1)17-15(18-20-10-11-21-18)12-14-8-4-5-9-16(14)19-17/h1-9,12,18H,10-11H2. The van der Waals surface area contributed by atoms with Crippen LogP contribution in [0.5, 0.6) is 0 Å². The van der Waals surface area contributed by atoms with Gasteiger partial charge in [0.15, 0.2) is 6.29 Å². The van der Waals surface area contributed by atoms with Crippen molar-refractivity contribution >= 4 is 10.9 Å². The molecule has 0 atom stereocenters. The Balaban J connectivity index is 1.95. The fourth-order valence-corrected chi connectivity index (χ4v) is 2.68. The van der Waals surface area contributed by atoms with E-state index in [2.05, 4.69) is 24.3 Å². The van der Waals surface area contributed by atoms with Gasteiger partial charge >= 0.3 is 0 Å². The highest BCUT2D eigenvalue weighted by Gasteiger charge is 2.23. The molecule has 21 heavy (non-hydrogen) atoms. The number of rotatable bonds is 2. The van der Waals surface area contributed by atoms with Crippen molar-refractivity contribution in [2.24, 2.45) is 0 Å². The Labute approximate surface area is 123 Å². The summed E-state index contributed by atoms with van der Waals surface area (Å²) in [5.74, 6) is 0. The fourth-order valence-electron chi connectivity index (χ4n) is 2.68. The van der Waals surface area contributed by atoms with Crippen molar-refractivity contribution in [2.45, 2.75) is 6.29 Å². The molecule has 0 amide bonds. The van der Waals surface area contributed by atoms with Gasteiger partial charge in [0, 0.05) is 16.5 Å². The zero-order chi connectivity index (χ0) is 14.1. The van der Waals surface area contributed by atoms with E-state index in [1.165, 1.54) is 0 Å². The van der Waals surface area contributed by atoms with Crippen molar-refractivity contribution in [3.8, 4) is 11.3 Å².